The van der Waals surface area contributed by atoms with Gasteiger partial charge in [-0.2, -0.15) is 0 Å². The summed E-state index contributed by atoms with van der Waals surface area (Å²) in [5.41, 5.74) is 1.36. The van der Waals surface area contributed by atoms with Crippen LogP contribution >= 0.6 is 15.9 Å². The monoisotopic (exact) mass is 295 g/mol. The average Bonchev–Trinajstić information content (AvgIpc) is 2.60. The summed E-state index contributed by atoms with van der Waals surface area (Å²) in [6.07, 6.45) is 8.59. The molecular weight excluding hydrogens is 274 g/mol. The highest BCUT2D eigenvalue weighted by molar-refractivity contribution is 9.10. The van der Waals surface area contributed by atoms with Gasteiger partial charge in [0, 0.05) is 11.0 Å². The van der Waals surface area contributed by atoms with Crippen LogP contribution in [0.4, 0.5) is 0 Å². The summed E-state index contributed by atoms with van der Waals surface area (Å²) in [6, 6.07) is 8.47. The average molecular weight is 296 g/mol. The van der Waals surface area contributed by atoms with Gasteiger partial charge in [0.05, 0.1) is 0 Å². The molecule has 94 valence electrons. The minimum atomic E-state index is 0.903. The van der Waals surface area contributed by atoms with Gasteiger partial charge in [0.1, 0.15) is 0 Å². The molecule has 2 heteroatoms. The van der Waals surface area contributed by atoms with E-state index in [2.05, 4.69) is 45.5 Å². The SMILES string of the molecule is Brc1ccccc1CNCC1CCCCCC1. The molecule has 0 heterocycles. The molecular formula is C15H22BrN. The summed E-state index contributed by atoms with van der Waals surface area (Å²) < 4.78 is 1.22. The van der Waals surface area contributed by atoms with E-state index in [9.17, 15) is 0 Å². The third-order valence-corrected chi connectivity index (χ3v) is 4.45. The third kappa shape index (κ3) is 4.44. The van der Waals surface area contributed by atoms with E-state index in [4.69, 9.17) is 0 Å². The molecule has 0 spiro atoms. The highest BCUT2D eigenvalue weighted by atomic mass is 79.9. The number of hydrogen-bond acceptors (Lipinski definition) is 1. The van der Waals surface area contributed by atoms with Crippen molar-refractivity contribution in [3.8, 4) is 0 Å². The van der Waals surface area contributed by atoms with Crippen molar-refractivity contribution in [3.05, 3.63) is 34.3 Å². The summed E-state index contributed by atoms with van der Waals surface area (Å²) in [6.45, 7) is 2.17. The van der Waals surface area contributed by atoms with Crippen LogP contribution in [-0.2, 0) is 6.54 Å². The molecule has 1 aliphatic rings. The van der Waals surface area contributed by atoms with E-state index in [1.54, 1.807) is 0 Å². The molecule has 1 nitrogen and oxygen atoms in total. The van der Waals surface area contributed by atoms with Crippen LogP contribution in [0.2, 0.25) is 0 Å². The summed E-state index contributed by atoms with van der Waals surface area (Å²) in [4.78, 5) is 0. The first-order chi connectivity index (χ1) is 8.36. The predicted octanol–water partition coefficient (Wildman–Crippen LogP) is 4.51. The molecule has 0 radical (unpaired) electrons. The Labute approximate surface area is 113 Å². The molecule has 0 bridgehead atoms. The second-order valence-electron chi connectivity index (χ2n) is 5.08. The topological polar surface area (TPSA) is 12.0 Å². The van der Waals surface area contributed by atoms with E-state index in [0.29, 0.717) is 0 Å². The fourth-order valence-corrected chi connectivity index (χ4v) is 3.05. The second-order valence-corrected chi connectivity index (χ2v) is 5.93. The third-order valence-electron chi connectivity index (χ3n) is 3.68. The van der Waals surface area contributed by atoms with Crippen LogP contribution < -0.4 is 5.32 Å². The zero-order chi connectivity index (χ0) is 11.9. The number of halogens is 1. The van der Waals surface area contributed by atoms with E-state index in [1.807, 2.05) is 0 Å². The first-order valence-electron chi connectivity index (χ1n) is 6.80. The van der Waals surface area contributed by atoms with Crippen molar-refractivity contribution in [2.24, 2.45) is 5.92 Å². The fourth-order valence-electron chi connectivity index (χ4n) is 2.62. The molecule has 0 saturated heterocycles. The molecule has 1 aromatic rings. The maximum Gasteiger partial charge on any atom is 0.0220 e. The summed E-state index contributed by atoms with van der Waals surface area (Å²) in [5.74, 6) is 0.903. The van der Waals surface area contributed by atoms with E-state index >= 15 is 0 Å². The molecule has 0 unspecified atom stereocenters. The smallest absolute Gasteiger partial charge is 0.0220 e. The Morgan fingerprint density at radius 2 is 1.76 bits per heavy atom. The van der Waals surface area contributed by atoms with Gasteiger partial charge in [0.2, 0.25) is 0 Å². The standard InChI is InChI=1S/C15H22BrN/c16-15-10-6-5-9-14(15)12-17-11-13-7-3-1-2-4-8-13/h5-6,9-10,13,17H,1-4,7-8,11-12H2. The lowest BCUT2D eigenvalue weighted by atomic mass is 10.0. The molecule has 0 aliphatic heterocycles. The fraction of sp³-hybridized carbons (Fsp3) is 0.600. The maximum absolute atomic E-state index is 3.61. The number of rotatable bonds is 4. The molecule has 1 aromatic carbocycles. The number of hydrogen-bond donors (Lipinski definition) is 1. The van der Waals surface area contributed by atoms with Crippen LogP contribution in [0, 0.1) is 5.92 Å². The van der Waals surface area contributed by atoms with Crippen LogP contribution in [0.5, 0.6) is 0 Å². The van der Waals surface area contributed by atoms with Crippen LogP contribution in [0.3, 0.4) is 0 Å². The first-order valence-corrected chi connectivity index (χ1v) is 7.59. The van der Waals surface area contributed by atoms with Crippen molar-refractivity contribution < 1.29 is 0 Å². The highest BCUT2D eigenvalue weighted by Gasteiger charge is 2.11. The van der Waals surface area contributed by atoms with Gasteiger partial charge in [-0.05, 0) is 36.9 Å². The van der Waals surface area contributed by atoms with Crippen LogP contribution in [0.15, 0.2) is 28.7 Å². The minimum absolute atomic E-state index is 0.903. The van der Waals surface area contributed by atoms with Gasteiger partial charge in [0.25, 0.3) is 0 Å². The predicted molar refractivity (Wildman–Crippen MR) is 77.0 cm³/mol. The summed E-state index contributed by atoms with van der Waals surface area (Å²) in [5, 5.41) is 3.61. The first kappa shape index (κ1) is 13.1. The Balaban J connectivity index is 1.73. The summed E-state index contributed by atoms with van der Waals surface area (Å²) in [7, 11) is 0. The van der Waals surface area contributed by atoms with Crippen molar-refractivity contribution in [2.75, 3.05) is 6.54 Å². The Morgan fingerprint density at radius 3 is 2.47 bits per heavy atom. The van der Waals surface area contributed by atoms with Gasteiger partial charge < -0.3 is 5.32 Å². The lowest BCUT2D eigenvalue weighted by Gasteiger charge is -2.15. The zero-order valence-electron chi connectivity index (χ0n) is 10.4. The second kappa shape index (κ2) is 7.17. The van der Waals surface area contributed by atoms with E-state index in [1.165, 1.54) is 55.1 Å². The molecule has 1 fully saturated rings. The van der Waals surface area contributed by atoms with Gasteiger partial charge in [0.15, 0.2) is 0 Å². The van der Waals surface area contributed by atoms with Gasteiger partial charge in [-0.25, -0.2) is 0 Å². The minimum Gasteiger partial charge on any atom is -0.312 e. The molecule has 1 saturated carbocycles. The molecule has 0 amide bonds. The van der Waals surface area contributed by atoms with Crippen molar-refractivity contribution in [1.82, 2.24) is 5.32 Å². The van der Waals surface area contributed by atoms with Crippen molar-refractivity contribution >= 4 is 15.9 Å². The largest absolute Gasteiger partial charge is 0.312 e. The van der Waals surface area contributed by atoms with Crippen LogP contribution in [-0.4, -0.2) is 6.54 Å². The Hall–Kier alpha value is -0.340. The molecule has 17 heavy (non-hydrogen) atoms. The number of nitrogens with one attached hydrogen (secondary N) is 1. The van der Waals surface area contributed by atoms with E-state index in [-0.39, 0.29) is 0 Å². The van der Waals surface area contributed by atoms with Crippen LogP contribution in [0.25, 0.3) is 0 Å². The lowest BCUT2D eigenvalue weighted by Crippen LogP contribution is -2.22. The lowest BCUT2D eigenvalue weighted by molar-refractivity contribution is 0.425. The van der Waals surface area contributed by atoms with E-state index < -0.39 is 0 Å². The Kier molecular flexibility index (Phi) is 5.53. The quantitative estimate of drug-likeness (QED) is 0.806. The van der Waals surface area contributed by atoms with Crippen molar-refractivity contribution in [3.63, 3.8) is 0 Å². The van der Waals surface area contributed by atoms with Crippen molar-refractivity contribution in [1.29, 1.82) is 0 Å². The normalized spacial score (nSPS) is 17.9. The van der Waals surface area contributed by atoms with Gasteiger partial charge in [-0.1, -0.05) is 59.8 Å². The van der Waals surface area contributed by atoms with Gasteiger partial charge >= 0.3 is 0 Å². The molecule has 0 aromatic heterocycles. The Morgan fingerprint density at radius 1 is 1.06 bits per heavy atom. The van der Waals surface area contributed by atoms with Crippen molar-refractivity contribution in [2.45, 2.75) is 45.1 Å². The molecule has 0 atom stereocenters. The molecule has 1 N–H and O–H groups in total. The Bertz CT molecular complexity index is 329. The summed E-state index contributed by atoms with van der Waals surface area (Å²) >= 11 is 3.59. The van der Waals surface area contributed by atoms with Gasteiger partial charge in [-0.15, -0.1) is 0 Å². The van der Waals surface area contributed by atoms with Crippen LogP contribution in [0.1, 0.15) is 44.1 Å². The highest BCUT2D eigenvalue weighted by Crippen LogP contribution is 2.22. The van der Waals surface area contributed by atoms with E-state index in [0.717, 1.165) is 12.5 Å². The number of benzene rings is 1. The maximum atomic E-state index is 3.61. The van der Waals surface area contributed by atoms with Gasteiger partial charge in [-0.3, -0.25) is 0 Å². The molecule has 1 aliphatic carbocycles. The zero-order valence-corrected chi connectivity index (χ0v) is 12.0. The molecule has 2 rings (SSSR count).